The van der Waals surface area contributed by atoms with E-state index in [-0.39, 0.29) is 0 Å². The molecule has 72 valence electrons. The fourth-order valence-electron chi connectivity index (χ4n) is 0.966. The van der Waals surface area contributed by atoms with Crippen molar-refractivity contribution in [3.05, 3.63) is 40.1 Å². The Bertz CT molecular complexity index is 444. The van der Waals surface area contributed by atoms with Crippen molar-refractivity contribution in [2.75, 3.05) is 0 Å². The van der Waals surface area contributed by atoms with Gasteiger partial charge in [0, 0.05) is 0 Å². The van der Waals surface area contributed by atoms with Gasteiger partial charge in [0.2, 0.25) is 0 Å². The molecule has 2 aromatic rings. The molecule has 0 aliphatic heterocycles. The van der Waals surface area contributed by atoms with Crippen molar-refractivity contribution in [1.82, 2.24) is 9.97 Å². The molecule has 0 atom stereocenters. The molecule has 0 aliphatic rings. The minimum Gasteiger partial charge on any atom is -0.424 e. The van der Waals surface area contributed by atoms with Gasteiger partial charge in [-0.2, -0.15) is 0 Å². The molecule has 5 heteroatoms. The quantitative estimate of drug-likeness (QED) is 0.907. The summed E-state index contributed by atoms with van der Waals surface area (Å²) in [5.41, 5.74) is 0. The van der Waals surface area contributed by atoms with E-state index in [1.807, 2.05) is 12.1 Å². The Balaban J connectivity index is 2.23. The molecule has 3 nitrogen and oxygen atoms in total. The number of halogens is 2. The summed E-state index contributed by atoms with van der Waals surface area (Å²) >= 11 is 9.14. The summed E-state index contributed by atoms with van der Waals surface area (Å²) in [7, 11) is 0. The molecule has 1 aromatic heterocycles. The highest BCUT2D eigenvalue weighted by Crippen LogP contribution is 2.27. The number of aromatic amines is 1. The van der Waals surface area contributed by atoms with Crippen LogP contribution in [0.4, 0.5) is 0 Å². The van der Waals surface area contributed by atoms with E-state index < -0.39 is 0 Å². The molecule has 14 heavy (non-hydrogen) atoms. The molecule has 1 aromatic carbocycles. The molecule has 0 saturated heterocycles. The number of rotatable bonds is 2. The first-order valence-electron chi connectivity index (χ1n) is 3.88. The van der Waals surface area contributed by atoms with Crippen molar-refractivity contribution in [2.24, 2.45) is 0 Å². The third-order valence-corrected chi connectivity index (χ3v) is 2.28. The summed E-state index contributed by atoms with van der Waals surface area (Å²) in [6.45, 7) is 0. The second kappa shape index (κ2) is 4.02. The van der Waals surface area contributed by atoms with Crippen LogP contribution in [0, 0.1) is 0 Å². The van der Waals surface area contributed by atoms with E-state index in [9.17, 15) is 0 Å². The van der Waals surface area contributed by atoms with Crippen LogP contribution in [-0.4, -0.2) is 9.97 Å². The molecule has 0 fully saturated rings. The average Bonchev–Trinajstić information content (AvgIpc) is 2.56. The normalized spacial score (nSPS) is 10.1. The molecule has 1 N–H and O–H groups in total. The second-order valence-electron chi connectivity index (χ2n) is 2.57. The first-order valence-corrected chi connectivity index (χ1v) is 5.06. The van der Waals surface area contributed by atoms with Crippen LogP contribution in [0.15, 0.2) is 35.1 Å². The highest BCUT2D eigenvalue weighted by molar-refractivity contribution is 9.10. The summed E-state index contributed by atoms with van der Waals surface area (Å²) in [5.74, 6) is 0.580. The molecule has 0 bridgehead atoms. The fourth-order valence-corrected chi connectivity index (χ4v) is 1.41. The fraction of sp³-hybridized carbons (Fsp3) is 0. The number of hydrogen-bond acceptors (Lipinski definition) is 2. The summed E-state index contributed by atoms with van der Waals surface area (Å²) < 4.78 is 6.16. The molecule has 0 unspecified atom stereocenters. The first kappa shape index (κ1) is 9.55. The predicted octanol–water partition coefficient (Wildman–Crippen LogP) is 3.62. The number of hydrogen-bond donors (Lipinski definition) is 1. The average molecular weight is 274 g/mol. The molecule has 2 rings (SSSR count). The highest BCUT2D eigenvalue weighted by Gasteiger charge is 2.04. The van der Waals surface area contributed by atoms with Crippen molar-refractivity contribution in [3.63, 3.8) is 0 Å². The minimum atomic E-state index is 0.407. The minimum absolute atomic E-state index is 0.407. The number of imidazole rings is 1. The van der Waals surface area contributed by atoms with Crippen molar-refractivity contribution in [3.8, 4) is 11.8 Å². The summed E-state index contributed by atoms with van der Waals surface area (Å²) in [6.07, 6.45) is 1.62. The number of H-pyrrole nitrogens is 1. The third kappa shape index (κ3) is 2.08. The van der Waals surface area contributed by atoms with Gasteiger partial charge in [-0.25, -0.2) is 4.98 Å². The van der Waals surface area contributed by atoms with Gasteiger partial charge in [-0.05, 0) is 28.1 Å². The van der Waals surface area contributed by atoms with Gasteiger partial charge in [-0.15, -0.1) is 0 Å². The first-order chi connectivity index (χ1) is 6.75. The Hall–Kier alpha value is -1.000. The van der Waals surface area contributed by atoms with Crippen LogP contribution in [0.5, 0.6) is 11.8 Å². The number of ether oxygens (including phenoxy) is 1. The molecule has 1 heterocycles. The second-order valence-corrected chi connectivity index (χ2v) is 3.83. The zero-order valence-corrected chi connectivity index (χ0v) is 9.34. The molecule has 0 saturated carbocycles. The molecule has 0 spiro atoms. The standard InChI is InChI=1S/C9H6BrClN2O/c10-8-5-12-9(13-8)14-7-4-2-1-3-6(7)11/h1-5H,(H,12,13). The van der Waals surface area contributed by atoms with Crippen LogP contribution in [0.1, 0.15) is 0 Å². The van der Waals surface area contributed by atoms with Crippen molar-refractivity contribution < 1.29 is 4.74 Å². The zero-order chi connectivity index (χ0) is 9.97. The maximum absolute atomic E-state index is 5.90. The molecular formula is C9H6BrClN2O. The van der Waals surface area contributed by atoms with Gasteiger partial charge in [0.15, 0.2) is 0 Å². The van der Waals surface area contributed by atoms with Crippen molar-refractivity contribution in [2.45, 2.75) is 0 Å². The van der Waals surface area contributed by atoms with Crippen LogP contribution in [-0.2, 0) is 0 Å². The van der Waals surface area contributed by atoms with E-state index in [4.69, 9.17) is 16.3 Å². The number of aromatic nitrogens is 2. The van der Waals surface area contributed by atoms with E-state index in [1.54, 1.807) is 18.3 Å². The zero-order valence-electron chi connectivity index (χ0n) is 7.00. The number of para-hydroxylation sites is 1. The van der Waals surface area contributed by atoms with E-state index in [0.29, 0.717) is 16.8 Å². The van der Waals surface area contributed by atoms with E-state index in [2.05, 4.69) is 25.9 Å². The number of nitrogens with zero attached hydrogens (tertiary/aromatic N) is 1. The Morgan fingerprint density at radius 1 is 1.36 bits per heavy atom. The molecular weight excluding hydrogens is 267 g/mol. The topological polar surface area (TPSA) is 37.9 Å². The molecule has 0 amide bonds. The van der Waals surface area contributed by atoms with E-state index in [1.165, 1.54) is 0 Å². The van der Waals surface area contributed by atoms with Crippen molar-refractivity contribution >= 4 is 27.5 Å². The molecule has 0 radical (unpaired) electrons. The molecule has 0 aliphatic carbocycles. The van der Waals surface area contributed by atoms with E-state index >= 15 is 0 Å². The van der Waals surface area contributed by atoms with Crippen LogP contribution in [0.25, 0.3) is 0 Å². The van der Waals surface area contributed by atoms with Gasteiger partial charge in [0.05, 0.1) is 11.2 Å². The SMILES string of the molecule is Clc1ccccc1Oc1ncc(Br)[nH]1. The van der Waals surface area contributed by atoms with Gasteiger partial charge in [0.25, 0.3) is 6.01 Å². The lowest BCUT2D eigenvalue weighted by atomic mass is 10.3. The number of benzene rings is 1. The van der Waals surface area contributed by atoms with Crippen LogP contribution in [0.3, 0.4) is 0 Å². The largest absolute Gasteiger partial charge is 0.424 e. The van der Waals surface area contributed by atoms with Gasteiger partial charge in [-0.1, -0.05) is 23.7 Å². The smallest absolute Gasteiger partial charge is 0.300 e. The Kier molecular flexibility index (Phi) is 2.74. The van der Waals surface area contributed by atoms with Gasteiger partial charge in [0.1, 0.15) is 10.4 Å². The summed E-state index contributed by atoms with van der Waals surface area (Å²) in [6, 6.07) is 7.63. The van der Waals surface area contributed by atoms with E-state index in [0.717, 1.165) is 4.60 Å². The summed E-state index contributed by atoms with van der Waals surface area (Å²) in [4.78, 5) is 6.85. The number of nitrogens with one attached hydrogen (secondary N) is 1. The van der Waals surface area contributed by atoms with Gasteiger partial charge < -0.3 is 9.72 Å². The van der Waals surface area contributed by atoms with Crippen LogP contribution in [0.2, 0.25) is 5.02 Å². The Morgan fingerprint density at radius 3 is 2.79 bits per heavy atom. The summed E-state index contributed by atoms with van der Waals surface area (Å²) in [5, 5.41) is 0.556. The lowest BCUT2D eigenvalue weighted by Crippen LogP contribution is -1.86. The highest BCUT2D eigenvalue weighted by atomic mass is 79.9. The lowest BCUT2D eigenvalue weighted by molar-refractivity contribution is 0.447. The lowest BCUT2D eigenvalue weighted by Gasteiger charge is -2.02. The predicted molar refractivity (Wildman–Crippen MR) is 57.8 cm³/mol. The Labute approximate surface area is 94.2 Å². The van der Waals surface area contributed by atoms with Crippen LogP contribution >= 0.6 is 27.5 Å². The maximum Gasteiger partial charge on any atom is 0.300 e. The monoisotopic (exact) mass is 272 g/mol. The third-order valence-electron chi connectivity index (χ3n) is 1.56. The Morgan fingerprint density at radius 2 is 2.14 bits per heavy atom. The van der Waals surface area contributed by atoms with Gasteiger partial charge in [-0.3, -0.25) is 0 Å². The maximum atomic E-state index is 5.90. The van der Waals surface area contributed by atoms with Crippen LogP contribution < -0.4 is 4.74 Å². The van der Waals surface area contributed by atoms with Gasteiger partial charge >= 0.3 is 0 Å². The van der Waals surface area contributed by atoms with Crippen molar-refractivity contribution in [1.29, 1.82) is 0 Å².